The minimum absolute atomic E-state index is 0.476. The van der Waals surface area contributed by atoms with Gasteiger partial charge in [-0.25, -0.2) is 0 Å². The topological polar surface area (TPSA) is 12.0 Å². The molecule has 2 fully saturated rings. The van der Waals surface area contributed by atoms with Gasteiger partial charge in [0.15, 0.2) is 0 Å². The third kappa shape index (κ3) is 2.92. The molecule has 2 aliphatic rings. The van der Waals surface area contributed by atoms with Crippen LogP contribution in [0.2, 0.25) is 0 Å². The Hall–Kier alpha value is -0.470. The van der Waals surface area contributed by atoms with Gasteiger partial charge in [-0.1, -0.05) is 26.0 Å². The minimum atomic E-state index is 0.476. The Balaban J connectivity index is 1.64. The van der Waals surface area contributed by atoms with Crippen molar-refractivity contribution in [3.63, 3.8) is 0 Å². The van der Waals surface area contributed by atoms with E-state index in [1.807, 2.05) is 11.8 Å². The van der Waals surface area contributed by atoms with Crippen LogP contribution in [0.4, 0.5) is 0 Å². The van der Waals surface area contributed by atoms with Crippen molar-refractivity contribution in [2.75, 3.05) is 6.54 Å². The molecular weight excluding hydrogens is 238 g/mol. The van der Waals surface area contributed by atoms with Gasteiger partial charge in [-0.05, 0) is 43.4 Å². The molecular formula is C16H23NS. The van der Waals surface area contributed by atoms with E-state index in [-0.39, 0.29) is 0 Å². The summed E-state index contributed by atoms with van der Waals surface area (Å²) in [6.45, 7) is 5.69. The molecule has 2 saturated carbocycles. The lowest BCUT2D eigenvalue weighted by Crippen LogP contribution is -2.28. The second kappa shape index (κ2) is 4.90. The third-order valence-corrected chi connectivity index (χ3v) is 5.01. The van der Waals surface area contributed by atoms with E-state index >= 15 is 0 Å². The molecule has 3 rings (SSSR count). The molecule has 0 aliphatic heterocycles. The van der Waals surface area contributed by atoms with Crippen LogP contribution in [0.5, 0.6) is 0 Å². The molecule has 0 heterocycles. The third-order valence-electron chi connectivity index (χ3n) is 4.00. The predicted octanol–water partition coefficient (Wildman–Crippen LogP) is 3.97. The van der Waals surface area contributed by atoms with E-state index in [0.717, 1.165) is 6.04 Å². The lowest BCUT2D eigenvalue weighted by atomic mass is 9.96. The fourth-order valence-electron chi connectivity index (χ4n) is 2.50. The molecule has 1 aromatic rings. The second-order valence-corrected chi connectivity index (χ2v) is 7.78. The molecule has 0 spiro atoms. The van der Waals surface area contributed by atoms with Gasteiger partial charge in [-0.15, -0.1) is 11.8 Å². The molecule has 98 valence electrons. The Bertz CT molecular complexity index is 402. The fraction of sp³-hybridized carbons (Fsp3) is 0.625. The van der Waals surface area contributed by atoms with E-state index in [1.54, 1.807) is 5.56 Å². The highest BCUT2D eigenvalue weighted by Gasteiger charge is 2.44. The zero-order chi connectivity index (χ0) is 12.6. The minimum Gasteiger partial charge on any atom is -0.313 e. The zero-order valence-corrected chi connectivity index (χ0v) is 12.2. The van der Waals surface area contributed by atoms with Gasteiger partial charge in [0.1, 0.15) is 0 Å². The summed E-state index contributed by atoms with van der Waals surface area (Å²) < 4.78 is 0. The van der Waals surface area contributed by atoms with Crippen LogP contribution in [0.3, 0.4) is 0 Å². The highest BCUT2D eigenvalue weighted by Crippen LogP contribution is 2.48. The standard InChI is InChI=1S/C16H23NS/c1-12(2)18-15-7-3-13(4-8-15)16(9-10-16)11-17-14-5-6-14/h3-4,7-8,12,14,17H,5-6,9-11H2,1-2H3. The summed E-state index contributed by atoms with van der Waals surface area (Å²) in [5.41, 5.74) is 2.02. The fourth-order valence-corrected chi connectivity index (χ4v) is 3.34. The van der Waals surface area contributed by atoms with Crippen molar-refractivity contribution in [3.05, 3.63) is 29.8 Å². The Labute approximate surface area is 115 Å². The average molecular weight is 261 g/mol. The Morgan fingerprint density at radius 3 is 2.39 bits per heavy atom. The SMILES string of the molecule is CC(C)Sc1ccc(C2(CNC3CC3)CC2)cc1. The lowest BCUT2D eigenvalue weighted by molar-refractivity contribution is 0.571. The monoisotopic (exact) mass is 261 g/mol. The second-order valence-electron chi connectivity index (χ2n) is 6.13. The summed E-state index contributed by atoms with van der Waals surface area (Å²) in [5.74, 6) is 0. The number of hydrogen-bond donors (Lipinski definition) is 1. The number of benzene rings is 1. The highest BCUT2D eigenvalue weighted by atomic mass is 32.2. The molecule has 0 amide bonds. The maximum atomic E-state index is 3.70. The summed E-state index contributed by atoms with van der Waals surface area (Å²) in [5, 5.41) is 4.37. The van der Waals surface area contributed by atoms with Crippen LogP contribution >= 0.6 is 11.8 Å². The lowest BCUT2D eigenvalue weighted by Gasteiger charge is -2.17. The molecule has 2 heteroatoms. The van der Waals surface area contributed by atoms with Crippen molar-refractivity contribution in [2.24, 2.45) is 0 Å². The zero-order valence-electron chi connectivity index (χ0n) is 11.4. The van der Waals surface area contributed by atoms with Crippen molar-refractivity contribution in [3.8, 4) is 0 Å². The molecule has 0 unspecified atom stereocenters. The average Bonchev–Trinajstić information content (AvgIpc) is 3.23. The normalized spacial score (nSPS) is 21.3. The van der Waals surface area contributed by atoms with Crippen LogP contribution in [0, 0.1) is 0 Å². The van der Waals surface area contributed by atoms with E-state index in [2.05, 4.69) is 43.4 Å². The molecule has 0 bridgehead atoms. The summed E-state index contributed by atoms with van der Waals surface area (Å²) in [7, 11) is 0. The molecule has 1 nitrogen and oxygen atoms in total. The van der Waals surface area contributed by atoms with Crippen molar-refractivity contribution >= 4 is 11.8 Å². The molecule has 18 heavy (non-hydrogen) atoms. The number of hydrogen-bond acceptors (Lipinski definition) is 2. The summed E-state index contributed by atoms with van der Waals surface area (Å²) in [6, 6.07) is 10.1. The summed E-state index contributed by atoms with van der Waals surface area (Å²) in [4.78, 5) is 1.40. The van der Waals surface area contributed by atoms with Gasteiger partial charge in [0.2, 0.25) is 0 Å². The van der Waals surface area contributed by atoms with Gasteiger partial charge in [-0.3, -0.25) is 0 Å². The van der Waals surface area contributed by atoms with Gasteiger partial charge in [0.05, 0.1) is 0 Å². The number of rotatable bonds is 6. The van der Waals surface area contributed by atoms with Crippen LogP contribution in [0.15, 0.2) is 29.2 Å². The van der Waals surface area contributed by atoms with Crippen LogP contribution in [0.1, 0.15) is 45.1 Å². The molecule has 1 aromatic carbocycles. The molecule has 0 aromatic heterocycles. The van der Waals surface area contributed by atoms with E-state index in [9.17, 15) is 0 Å². The van der Waals surface area contributed by atoms with Crippen molar-refractivity contribution in [2.45, 2.75) is 61.1 Å². The van der Waals surface area contributed by atoms with Crippen LogP contribution in [-0.4, -0.2) is 17.8 Å². The summed E-state index contributed by atoms with van der Waals surface area (Å²) >= 11 is 1.95. The van der Waals surface area contributed by atoms with Crippen molar-refractivity contribution in [1.29, 1.82) is 0 Å². The van der Waals surface area contributed by atoms with E-state index in [4.69, 9.17) is 0 Å². The molecule has 0 radical (unpaired) electrons. The first kappa shape index (κ1) is 12.6. The largest absolute Gasteiger partial charge is 0.313 e. The van der Waals surface area contributed by atoms with Crippen LogP contribution in [0.25, 0.3) is 0 Å². The first-order valence-corrected chi connectivity index (χ1v) is 8.06. The quantitative estimate of drug-likeness (QED) is 0.778. The van der Waals surface area contributed by atoms with Crippen LogP contribution < -0.4 is 5.32 Å². The van der Waals surface area contributed by atoms with Gasteiger partial charge in [-0.2, -0.15) is 0 Å². The number of nitrogens with one attached hydrogen (secondary N) is 1. The van der Waals surface area contributed by atoms with E-state index in [1.165, 1.54) is 37.1 Å². The maximum absolute atomic E-state index is 3.70. The Morgan fingerprint density at radius 2 is 1.89 bits per heavy atom. The molecule has 0 atom stereocenters. The van der Waals surface area contributed by atoms with Gasteiger partial charge < -0.3 is 5.32 Å². The summed E-state index contributed by atoms with van der Waals surface area (Å²) in [6.07, 6.45) is 5.51. The highest BCUT2D eigenvalue weighted by molar-refractivity contribution is 7.99. The molecule has 1 N–H and O–H groups in total. The predicted molar refractivity (Wildman–Crippen MR) is 79.4 cm³/mol. The smallest absolute Gasteiger partial charge is 0.00785 e. The van der Waals surface area contributed by atoms with Gasteiger partial charge in [0, 0.05) is 28.1 Å². The molecule has 0 saturated heterocycles. The van der Waals surface area contributed by atoms with Crippen molar-refractivity contribution in [1.82, 2.24) is 5.32 Å². The number of thioether (sulfide) groups is 1. The maximum Gasteiger partial charge on any atom is 0.00785 e. The molecule has 2 aliphatic carbocycles. The van der Waals surface area contributed by atoms with Gasteiger partial charge >= 0.3 is 0 Å². The van der Waals surface area contributed by atoms with Crippen LogP contribution in [-0.2, 0) is 5.41 Å². The first-order chi connectivity index (χ1) is 8.68. The first-order valence-electron chi connectivity index (χ1n) is 7.19. The Morgan fingerprint density at radius 1 is 1.22 bits per heavy atom. The van der Waals surface area contributed by atoms with Gasteiger partial charge in [0.25, 0.3) is 0 Å². The van der Waals surface area contributed by atoms with E-state index in [0.29, 0.717) is 10.7 Å². The van der Waals surface area contributed by atoms with E-state index < -0.39 is 0 Å². The Kier molecular flexibility index (Phi) is 3.42. The van der Waals surface area contributed by atoms with Crippen molar-refractivity contribution < 1.29 is 0 Å².